The summed E-state index contributed by atoms with van der Waals surface area (Å²) in [5.41, 5.74) is 1.74. The summed E-state index contributed by atoms with van der Waals surface area (Å²) in [5, 5.41) is 12.2. The van der Waals surface area contributed by atoms with Crippen molar-refractivity contribution in [2.45, 2.75) is 19.6 Å². The van der Waals surface area contributed by atoms with Gasteiger partial charge in [-0.25, -0.2) is 0 Å². The number of ether oxygens (including phenoxy) is 1. The van der Waals surface area contributed by atoms with Crippen molar-refractivity contribution in [3.63, 3.8) is 0 Å². The molecule has 1 heterocycles. The molecule has 5 nitrogen and oxygen atoms in total. The Hall–Kier alpha value is -1.59. The van der Waals surface area contributed by atoms with E-state index in [0.29, 0.717) is 26.3 Å². The lowest BCUT2D eigenvalue weighted by Crippen LogP contribution is -2.54. The lowest BCUT2D eigenvalue weighted by Gasteiger charge is -2.37. The predicted molar refractivity (Wildman–Crippen MR) is 73.0 cm³/mol. The number of nitrogens with zero attached hydrogens (tertiary/aromatic N) is 1. The monoisotopic (exact) mass is 264 g/mol. The van der Waals surface area contributed by atoms with Gasteiger partial charge in [0.05, 0.1) is 19.8 Å². The molecule has 5 heteroatoms. The normalized spacial score (nSPS) is 19.3. The van der Waals surface area contributed by atoms with Gasteiger partial charge < -0.3 is 20.1 Å². The van der Waals surface area contributed by atoms with E-state index in [1.807, 2.05) is 36.1 Å². The van der Waals surface area contributed by atoms with Crippen molar-refractivity contribution in [2.75, 3.05) is 31.2 Å². The number of para-hydroxylation sites is 1. The van der Waals surface area contributed by atoms with Gasteiger partial charge in [-0.2, -0.15) is 0 Å². The second-order valence-corrected chi connectivity index (χ2v) is 4.47. The van der Waals surface area contributed by atoms with Gasteiger partial charge in [0.2, 0.25) is 5.91 Å². The number of likely N-dealkylation sites (N-methyl/N-ethyl adjacent to an activating group) is 1. The SMILES string of the molecule is CCNC(=O)C1COCCN1c1ccccc1CO. The lowest BCUT2D eigenvalue weighted by atomic mass is 10.1. The summed E-state index contributed by atoms with van der Waals surface area (Å²) in [4.78, 5) is 14.1. The zero-order valence-electron chi connectivity index (χ0n) is 11.1. The van der Waals surface area contributed by atoms with E-state index in [1.165, 1.54) is 0 Å². The van der Waals surface area contributed by atoms with Crippen LogP contribution in [0.2, 0.25) is 0 Å². The number of morpholine rings is 1. The van der Waals surface area contributed by atoms with Crippen LogP contribution >= 0.6 is 0 Å². The van der Waals surface area contributed by atoms with Crippen LogP contribution in [0.3, 0.4) is 0 Å². The molecule has 2 N–H and O–H groups in total. The topological polar surface area (TPSA) is 61.8 Å². The first-order valence-corrected chi connectivity index (χ1v) is 6.58. The maximum absolute atomic E-state index is 12.1. The van der Waals surface area contributed by atoms with Crippen molar-refractivity contribution in [3.8, 4) is 0 Å². The van der Waals surface area contributed by atoms with Crippen LogP contribution in [0, 0.1) is 0 Å². The molecule has 19 heavy (non-hydrogen) atoms. The van der Waals surface area contributed by atoms with Gasteiger partial charge in [0.1, 0.15) is 6.04 Å². The second-order valence-electron chi connectivity index (χ2n) is 4.47. The number of nitrogens with one attached hydrogen (secondary N) is 1. The third-order valence-electron chi connectivity index (χ3n) is 3.25. The first kappa shape index (κ1) is 13.8. The molecule has 0 spiro atoms. The molecule has 0 saturated carbocycles. The number of benzene rings is 1. The van der Waals surface area contributed by atoms with Crippen LogP contribution in [0.4, 0.5) is 5.69 Å². The Kier molecular flexibility index (Phi) is 4.76. The van der Waals surface area contributed by atoms with Gasteiger partial charge >= 0.3 is 0 Å². The Morgan fingerprint density at radius 3 is 3.05 bits per heavy atom. The van der Waals surface area contributed by atoms with E-state index in [0.717, 1.165) is 11.3 Å². The number of aliphatic hydroxyl groups excluding tert-OH is 1. The maximum atomic E-state index is 12.1. The molecule has 1 fully saturated rings. The Balaban J connectivity index is 2.26. The Labute approximate surface area is 113 Å². The summed E-state index contributed by atoms with van der Waals surface area (Å²) in [6, 6.07) is 7.28. The van der Waals surface area contributed by atoms with Crippen LogP contribution in [-0.2, 0) is 16.1 Å². The average Bonchev–Trinajstić information content (AvgIpc) is 2.47. The molecule has 0 aromatic heterocycles. The number of carbonyl (C=O) groups is 1. The summed E-state index contributed by atoms with van der Waals surface area (Å²) >= 11 is 0. The smallest absolute Gasteiger partial charge is 0.245 e. The highest BCUT2D eigenvalue weighted by Crippen LogP contribution is 2.24. The van der Waals surface area contributed by atoms with E-state index in [1.54, 1.807) is 0 Å². The molecular weight excluding hydrogens is 244 g/mol. The van der Waals surface area contributed by atoms with Gasteiger partial charge in [0, 0.05) is 24.3 Å². The van der Waals surface area contributed by atoms with Gasteiger partial charge in [-0.05, 0) is 13.0 Å². The van der Waals surface area contributed by atoms with Crippen molar-refractivity contribution in [2.24, 2.45) is 0 Å². The molecule has 1 aliphatic rings. The fourth-order valence-corrected chi connectivity index (χ4v) is 2.33. The third kappa shape index (κ3) is 3.05. The van der Waals surface area contributed by atoms with E-state index in [2.05, 4.69) is 5.32 Å². The number of hydrogen-bond donors (Lipinski definition) is 2. The summed E-state index contributed by atoms with van der Waals surface area (Å²) < 4.78 is 5.41. The van der Waals surface area contributed by atoms with Crippen molar-refractivity contribution >= 4 is 11.6 Å². The van der Waals surface area contributed by atoms with E-state index in [4.69, 9.17) is 4.74 Å². The largest absolute Gasteiger partial charge is 0.392 e. The fourth-order valence-electron chi connectivity index (χ4n) is 2.33. The maximum Gasteiger partial charge on any atom is 0.245 e. The van der Waals surface area contributed by atoms with Crippen LogP contribution in [0.25, 0.3) is 0 Å². The minimum atomic E-state index is -0.332. The van der Waals surface area contributed by atoms with Crippen molar-refractivity contribution < 1.29 is 14.6 Å². The Morgan fingerprint density at radius 1 is 1.53 bits per heavy atom. The second kappa shape index (κ2) is 6.54. The van der Waals surface area contributed by atoms with E-state index in [-0.39, 0.29) is 18.6 Å². The molecule has 1 aromatic rings. The summed E-state index contributed by atoms with van der Waals surface area (Å²) in [5.74, 6) is -0.0325. The molecule has 0 aliphatic carbocycles. The summed E-state index contributed by atoms with van der Waals surface area (Å²) in [6.07, 6.45) is 0. The Bertz CT molecular complexity index is 436. The molecular formula is C14H20N2O3. The van der Waals surface area contributed by atoms with Gasteiger partial charge in [-0.1, -0.05) is 18.2 Å². The summed E-state index contributed by atoms with van der Waals surface area (Å²) in [7, 11) is 0. The molecule has 2 rings (SSSR count). The third-order valence-corrected chi connectivity index (χ3v) is 3.25. The van der Waals surface area contributed by atoms with Crippen LogP contribution in [0.15, 0.2) is 24.3 Å². The molecule has 1 aliphatic heterocycles. The van der Waals surface area contributed by atoms with Gasteiger partial charge in [-0.15, -0.1) is 0 Å². The zero-order chi connectivity index (χ0) is 13.7. The van der Waals surface area contributed by atoms with Crippen LogP contribution in [0.1, 0.15) is 12.5 Å². The van der Waals surface area contributed by atoms with Gasteiger partial charge in [-0.3, -0.25) is 4.79 Å². The molecule has 1 unspecified atom stereocenters. The molecule has 1 amide bonds. The molecule has 0 radical (unpaired) electrons. The number of anilines is 1. The molecule has 1 saturated heterocycles. The quantitative estimate of drug-likeness (QED) is 0.832. The molecule has 104 valence electrons. The fraction of sp³-hybridized carbons (Fsp3) is 0.500. The minimum absolute atomic E-state index is 0.0321. The van der Waals surface area contributed by atoms with Crippen LogP contribution < -0.4 is 10.2 Å². The van der Waals surface area contributed by atoms with Crippen molar-refractivity contribution in [1.29, 1.82) is 0 Å². The number of aliphatic hydroxyl groups is 1. The zero-order valence-corrected chi connectivity index (χ0v) is 11.1. The molecule has 1 atom stereocenters. The number of hydrogen-bond acceptors (Lipinski definition) is 4. The lowest BCUT2D eigenvalue weighted by molar-refractivity contribution is -0.124. The van der Waals surface area contributed by atoms with Crippen molar-refractivity contribution in [3.05, 3.63) is 29.8 Å². The van der Waals surface area contributed by atoms with E-state index < -0.39 is 0 Å². The standard InChI is InChI=1S/C14H20N2O3/c1-2-15-14(18)13-10-19-8-7-16(13)12-6-4-3-5-11(12)9-17/h3-6,13,17H,2,7-10H2,1H3,(H,15,18). The highest BCUT2D eigenvalue weighted by molar-refractivity contribution is 5.86. The van der Waals surface area contributed by atoms with Crippen LogP contribution in [0.5, 0.6) is 0 Å². The van der Waals surface area contributed by atoms with E-state index >= 15 is 0 Å². The number of amides is 1. The van der Waals surface area contributed by atoms with Gasteiger partial charge in [0.15, 0.2) is 0 Å². The van der Waals surface area contributed by atoms with Crippen LogP contribution in [-0.4, -0.2) is 43.4 Å². The summed E-state index contributed by atoms with van der Waals surface area (Å²) in [6.45, 7) is 4.09. The predicted octanol–water partition coefficient (Wildman–Crippen LogP) is 0.520. The first-order chi connectivity index (χ1) is 9.27. The highest BCUT2D eigenvalue weighted by atomic mass is 16.5. The average molecular weight is 264 g/mol. The van der Waals surface area contributed by atoms with E-state index in [9.17, 15) is 9.90 Å². The van der Waals surface area contributed by atoms with Gasteiger partial charge in [0.25, 0.3) is 0 Å². The molecule has 0 bridgehead atoms. The Morgan fingerprint density at radius 2 is 2.32 bits per heavy atom. The highest BCUT2D eigenvalue weighted by Gasteiger charge is 2.30. The minimum Gasteiger partial charge on any atom is -0.392 e. The first-order valence-electron chi connectivity index (χ1n) is 6.58. The molecule has 1 aromatic carbocycles. The number of carbonyl (C=O) groups excluding carboxylic acids is 1. The number of rotatable bonds is 4. The van der Waals surface area contributed by atoms with Crippen molar-refractivity contribution in [1.82, 2.24) is 5.32 Å².